The molecule has 0 spiro atoms. The van der Waals surface area contributed by atoms with Crippen LogP contribution in [0.1, 0.15) is 24.6 Å². The first-order chi connectivity index (χ1) is 12.6. The molecule has 26 heavy (non-hydrogen) atoms. The number of fused-ring (bicyclic) bond motifs is 1. The largest absolute Gasteiger partial charge is 0.497 e. The van der Waals surface area contributed by atoms with Crippen LogP contribution in [0.25, 0.3) is 0 Å². The van der Waals surface area contributed by atoms with E-state index in [1.54, 1.807) is 19.2 Å². The molecule has 0 bridgehead atoms. The predicted molar refractivity (Wildman–Crippen MR) is 95.2 cm³/mol. The van der Waals surface area contributed by atoms with Gasteiger partial charge in [0.15, 0.2) is 12.2 Å². The third kappa shape index (κ3) is 2.61. The van der Waals surface area contributed by atoms with Crippen LogP contribution in [0, 0.1) is 10.1 Å². The number of anilines is 1. The van der Waals surface area contributed by atoms with E-state index in [-0.39, 0.29) is 23.8 Å². The predicted octanol–water partition coefficient (Wildman–Crippen LogP) is 1.70. The number of nitrogens with zero attached hydrogens (tertiary/aromatic N) is 2. The molecule has 2 aliphatic heterocycles. The van der Waals surface area contributed by atoms with Gasteiger partial charge in [0.05, 0.1) is 24.3 Å². The Balaban J connectivity index is 1.74. The summed E-state index contributed by atoms with van der Waals surface area (Å²) in [5.41, 5.74) is 1.79. The van der Waals surface area contributed by atoms with Crippen molar-refractivity contribution in [1.29, 1.82) is 0 Å². The maximum atomic E-state index is 13.1. The van der Waals surface area contributed by atoms with E-state index in [9.17, 15) is 14.9 Å². The van der Waals surface area contributed by atoms with Crippen molar-refractivity contribution in [2.24, 2.45) is 0 Å². The fourth-order valence-electron chi connectivity index (χ4n) is 4.10. The number of hydrogen-bond donors (Lipinski definition) is 1. The van der Waals surface area contributed by atoms with E-state index in [0.717, 1.165) is 36.4 Å². The molecular weight excluding hydrogens is 334 g/mol. The molecule has 7 heteroatoms. The lowest BCUT2D eigenvalue weighted by Crippen LogP contribution is -3.12. The molecule has 0 radical (unpaired) electrons. The standard InChI is InChI=1S/C19H19N3O4/c1-26-16-10-8-14(9-11-16)21-18(20-12-2-3-17(20)19(21)23)13-4-6-15(7-5-13)22(24)25/h4-11,17-18H,2-3,12H2,1H3/p+1/t17-,18+/m1/s1. The van der Waals surface area contributed by atoms with Crippen molar-refractivity contribution >= 4 is 17.3 Å². The van der Waals surface area contributed by atoms with E-state index in [0.29, 0.717) is 0 Å². The van der Waals surface area contributed by atoms with Gasteiger partial charge in [0.25, 0.3) is 11.6 Å². The molecule has 2 fully saturated rings. The van der Waals surface area contributed by atoms with Gasteiger partial charge in [-0.25, -0.2) is 0 Å². The number of methoxy groups -OCH3 is 1. The van der Waals surface area contributed by atoms with Gasteiger partial charge in [-0.15, -0.1) is 0 Å². The first-order valence-corrected chi connectivity index (χ1v) is 8.67. The summed E-state index contributed by atoms with van der Waals surface area (Å²) in [6, 6.07) is 14.0. The molecule has 1 amide bonds. The number of carbonyl (C=O) groups is 1. The molecule has 0 aromatic heterocycles. The zero-order valence-corrected chi connectivity index (χ0v) is 14.4. The fourth-order valence-corrected chi connectivity index (χ4v) is 4.10. The van der Waals surface area contributed by atoms with Crippen molar-refractivity contribution in [3.8, 4) is 5.75 Å². The first kappa shape index (κ1) is 16.5. The van der Waals surface area contributed by atoms with Gasteiger partial charge in [0.1, 0.15) is 5.75 Å². The van der Waals surface area contributed by atoms with Gasteiger partial charge in [0.2, 0.25) is 0 Å². The van der Waals surface area contributed by atoms with E-state index in [1.807, 2.05) is 29.2 Å². The van der Waals surface area contributed by atoms with E-state index in [4.69, 9.17) is 4.74 Å². The number of amides is 1. The second-order valence-electron chi connectivity index (χ2n) is 6.68. The summed E-state index contributed by atoms with van der Waals surface area (Å²) >= 11 is 0. The summed E-state index contributed by atoms with van der Waals surface area (Å²) in [6.07, 6.45) is 1.74. The summed E-state index contributed by atoms with van der Waals surface area (Å²) in [5.74, 6) is 0.853. The number of quaternary nitrogens is 1. The third-order valence-corrected chi connectivity index (χ3v) is 5.32. The lowest BCUT2D eigenvalue weighted by atomic mass is 10.1. The highest BCUT2D eigenvalue weighted by Gasteiger charge is 2.53. The molecule has 2 aromatic carbocycles. The minimum Gasteiger partial charge on any atom is -0.497 e. The molecule has 1 unspecified atom stereocenters. The van der Waals surface area contributed by atoms with E-state index in [2.05, 4.69) is 0 Å². The fraction of sp³-hybridized carbons (Fsp3) is 0.316. The van der Waals surface area contributed by atoms with Crippen LogP contribution in [-0.2, 0) is 4.79 Å². The van der Waals surface area contributed by atoms with Gasteiger partial charge in [-0.1, -0.05) is 0 Å². The Morgan fingerprint density at radius 1 is 1.15 bits per heavy atom. The maximum absolute atomic E-state index is 13.1. The molecule has 0 aliphatic carbocycles. The van der Waals surface area contributed by atoms with Gasteiger partial charge < -0.3 is 9.64 Å². The summed E-state index contributed by atoms with van der Waals surface area (Å²) in [7, 11) is 1.61. The summed E-state index contributed by atoms with van der Waals surface area (Å²) in [6.45, 7) is 0.921. The average molecular weight is 354 g/mol. The molecule has 134 valence electrons. The minimum absolute atomic E-state index is 0.0442. The number of nitro groups is 1. The molecular formula is C19H20N3O4+. The van der Waals surface area contributed by atoms with Crippen LogP contribution in [0.15, 0.2) is 48.5 Å². The second kappa shape index (κ2) is 6.42. The Hall–Kier alpha value is -2.93. The number of hydrogen-bond acceptors (Lipinski definition) is 4. The zero-order chi connectivity index (χ0) is 18.3. The molecule has 2 aliphatic rings. The van der Waals surface area contributed by atoms with Gasteiger partial charge in [-0.3, -0.25) is 19.8 Å². The van der Waals surface area contributed by atoms with Gasteiger partial charge in [-0.05, 0) is 36.4 Å². The quantitative estimate of drug-likeness (QED) is 0.670. The van der Waals surface area contributed by atoms with Crippen molar-refractivity contribution in [2.75, 3.05) is 18.6 Å². The van der Waals surface area contributed by atoms with Crippen LogP contribution in [0.4, 0.5) is 11.4 Å². The molecule has 2 aromatic rings. The highest BCUT2D eigenvalue weighted by Crippen LogP contribution is 2.32. The Morgan fingerprint density at radius 3 is 2.46 bits per heavy atom. The number of rotatable bonds is 4. The van der Waals surface area contributed by atoms with Crippen molar-refractivity contribution in [3.05, 3.63) is 64.2 Å². The van der Waals surface area contributed by atoms with E-state index < -0.39 is 4.92 Å². The lowest BCUT2D eigenvalue weighted by Gasteiger charge is -2.26. The molecule has 0 saturated carbocycles. The minimum atomic E-state index is -0.406. The Bertz CT molecular complexity index is 835. The first-order valence-electron chi connectivity index (χ1n) is 8.67. The van der Waals surface area contributed by atoms with Crippen LogP contribution < -0.4 is 14.5 Å². The number of ether oxygens (including phenoxy) is 1. The zero-order valence-electron chi connectivity index (χ0n) is 14.4. The molecule has 2 heterocycles. The van der Waals surface area contributed by atoms with Crippen LogP contribution in [-0.4, -0.2) is 30.5 Å². The van der Waals surface area contributed by atoms with Crippen molar-refractivity contribution < 1.29 is 19.4 Å². The van der Waals surface area contributed by atoms with Crippen molar-refractivity contribution in [2.45, 2.75) is 25.0 Å². The number of nitro benzene ring substituents is 1. The van der Waals surface area contributed by atoms with Crippen molar-refractivity contribution in [1.82, 2.24) is 0 Å². The Kier molecular flexibility index (Phi) is 4.08. The lowest BCUT2D eigenvalue weighted by molar-refractivity contribution is -0.924. The van der Waals surface area contributed by atoms with E-state index in [1.165, 1.54) is 17.0 Å². The summed E-state index contributed by atoms with van der Waals surface area (Å²) in [5, 5.41) is 10.9. The molecule has 7 nitrogen and oxygen atoms in total. The highest BCUT2D eigenvalue weighted by molar-refractivity contribution is 5.98. The summed E-state index contributed by atoms with van der Waals surface area (Å²) in [4.78, 5) is 26.7. The van der Waals surface area contributed by atoms with Crippen LogP contribution in [0.3, 0.4) is 0 Å². The van der Waals surface area contributed by atoms with Gasteiger partial charge in [-0.2, -0.15) is 0 Å². The van der Waals surface area contributed by atoms with Crippen LogP contribution in [0.2, 0.25) is 0 Å². The maximum Gasteiger partial charge on any atom is 0.290 e. The van der Waals surface area contributed by atoms with E-state index >= 15 is 0 Å². The van der Waals surface area contributed by atoms with Crippen LogP contribution in [0.5, 0.6) is 5.75 Å². The Morgan fingerprint density at radius 2 is 1.85 bits per heavy atom. The Labute approximate surface area is 150 Å². The number of carbonyl (C=O) groups excluding carboxylic acids is 1. The molecule has 3 atom stereocenters. The molecule has 2 saturated heterocycles. The average Bonchev–Trinajstić information content (AvgIpc) is 3.24. The smallest absolute Gasteiger partial charge is 0.290 e. The van der Waals surface area contributed by atoms with Crippen molar-refractivity contribution in [3.63, 3.8) is 0 Å². The normalized spacial score (nSPS) is 24.6. The second-order valence-corrected chi connectivity index (χ2v) is 6.68. The van der Waals surface area contributed by atoms with Gasteiger partial charge >= 0.3 is 0 Å². The van der Waals surface area contributed by atoms with Gasteiger partial charge in [0, 0.05) is 30.5 Å². The van der Waals surface area contributed by atoms with Crippen LogP contribution >= 0.6 is 0 Å². The topological polar surface area (TPSA) is 77.1 Å². The number of benzene rings is 2. The highest BCUT2D eigenvalue weighted by atomic mass is 16.6. The molecule has 4 rings (SSSR count). The summed E-state index contributed by atoms with van der Waals surface area (Å²) < 4.78 is 5.21. The number of nitrogens with one attached hydrogen (secondary N) is 1. The SMILES string of the molecule is COc1ccc(N2C(=O)[C@H]3CCC[NH+]3[C@@H]2c2ccc([N+](=O)[O-])cc2)cc1. The number of non-ortho nitro benzene ring substituents is 1. The molecule has 1 N–H and O–H groups in total. The third-order valence-electron chi connectivity index (χ3n) is 5.32. The monoisotopic (exact) mass is 354 g/mol.